The van der Waals surface area contributed by atoms with Crippen LogP contribution in [0.15, 0.2) is 35.1 Å². The third-order valence-corrected chi connectivity index (χ3v) is 7.13. The molecule has 1 amide bonds. The highest BCUT2D eigenvalue weighted by Crippen LogP contribution is 2.36. The van der Waals surface area contributed by atoms with Crippen molar-refractivity contribution in [3.05, 3.63) is 64.0 Å². The molecular formula is C25H26F4N6O2. The molecule has 0 spiro atoms. The van der Waals surface area contributed by atoms with Gasteiger partial charge in [-0.2, -0.15) is 4.39 Å². The summed E-state index contributed by atoms with van der Waals surface area (Å²) in [5, 5.41) is 2.25. The lowest BCUT2D eigenvalue weighted by molar-refractivity contribution is 0.0886. The maximum Gasteiger partial charge on any atom is 0.270 e. The minimum Gasteiger partial charge on any atom is -0.365 e. The fourth-order valence-corrected chi connectivity index (χ4v) is 5.24. The van der Waals surface area contributed by atoms with Crippen LogP contribution in [0.3, 0.4) is 0 Å². The van der Waals surface area contributed by atoms with Crippen molar-refractivity contribution >= 4 is 22.5 Å². The van der Waals surface area contributed by atoms with E-state index in [0.29, 0.717) is 43.6 Å². The zero-order valence-electron chi connectivity index (χ0n) is 19.9. The first-order valence-corrected chi connectivity index (χ1v) is 12.2. The highest BCUT2D eigenvalue weighted by molar-refractivity contribution is 5.92. The van der Waals surface area contributed by atoms with Crippen molar-refractivity contribution in [1.29, 1.82) is 0 Å². The Labute approximate surface area is 209 Å². The molecule has 1 aromatic carbocycles. The van der Waals surface area contributed by atoms with Gasteiger partial charge in [-0.15, -0.1) is 0 Å². The molecule has 2 aromatic heterocycles. The lowest BCUT2D eigenvalue weighted by Crippen LogP contribution is -2.50. The number of rotatable bonds is 6. The van der Waals surface area contributed by atoms with Gasteiger partial charge in [-0.25, -0.2) is 23.1 Å². The zero-order valence-corrected chi connectivity index (χ0v) is 19.9. The van der Waals surface area contributed by atoms with Crippen molar-refractivity contribution in [2.24, 2.45) is 0 Å². The number of hydrogen-bond donors (Lipinski definition) is 2. The maximum atomic E-state index is 14.6. The van der Waals surface area contributed by atoms with Crippen LogP contribution in [0.1, 0.15) is 41.5 Å². The number of aromatic nitrogens is 3. The van der Waals surface area contributed by atoms with E-state index in [9.17, 15) is 27.2 Å². The molecule has 37 heavy (non-hydrogen) atoms. The molecule has 2 aliphatic rings. The quantitative estimate of drug-likeness (QED) is 0.385. The van der Waals surface area contributed by atoms with Crippen LogP contribution in [0.2, 0.25) is 0 Å². The van der Waals surface area contributed by atoms with E-state index in [-0.39, 0.29) is 28.2 Å². The van der Waals surface area contributed by atoms with E-state index in [2.05, 4.69) is 19.9 Å². The molecule has 1 saturated carbocycles. The first kappa shape index (κ1) is 25.1. The minimum atomic E-state index is -2.70. The van der Waals surface area contributed by atoms with Gasteiger partial charge < -0.3 is 15.2 Å². The summed E-state index contributed by atoms with van der Waals surface area (Å²) in [6.45, 7) is 1.71. The summed E-state index contributed by atoms with van der Waals surface area (Å²) in [4.78, 5) is 39.6. The summed E-state index contributed by atoms with van der Waals surface area (Å²) < 4.78 is 52.7. The van der Waals surface area contributed by atoms with Crippen molar-refractivity contribution < 1.29 is 22.4 Å². The Balaban J connectivity index is 1.19. The Bertz CT molecular complexity index is 1360. The van der Waals surface area contributed by atoms with E-state index in [1.165, 1.54) is 30.3 Å². The topological polar surface area (TPSA) is 94.2 Å². The number of halogens is 4. The van der Waals surface area contributed by atoms with Crippen LogP contribution in [-0.4, -0.2) is 71.0 Å². The molecule has 5 rings (SSSR count). The van der Waals surface area contributed by atoms with Crippen LogP contribution in [-0.2, 0) is 0 Å². The van der Waals surface area contributed by atoms with Crippen LogP contribution in [0, 0.1) is 11.8 Å². The standard InChI is InChI=1S/C25H26F4N6O2/c26-15-2-4-18-17(12-15)24(36)33-23(32-18)14-1-3-16(11-14)34-7-9-35(10-8-34)20-6-5-19(31-22(20)29)25(37)30-13-21(27)28/h2,4-6,12,14,16,21H,1,3,7-11,13H2,(H,30,37)(H,32,33,36)/t14-,16+/m1/s1. The number of piperazine rings is 1. The first-order valence-electron chi connectivity index (χ1n) is 12.2. The molecule has 2 atom stereocenters. The highest BCUT2D eigenvalue weighted by atomic mass is 19.3. The van der Waals surface area contributed by atoms with Crippen molar-refractivity contribution in [2.75, 3.05) is 37.6 Å². The number of nitrogens with one attached hydrogen (secondary N) is 2. The molecule has 12 heteroatoms. The Morgan fingerprint density at radius 2 is 1.86 bits per heavy atom. The van der Waals surface area contributed by atoms with Gasteiger partial charge in [0.25, 0.3) is 17.9 Å². The van der Waals surface area contributed by atoms with Crippen LogP contribution >= 0.6 is 0 Å². The first-order chi connectivity index (χ1) is 17.8. The third-order valence-electron chi connectivity index (χ3n) is 7.13. The molecule has 1 saturated heterocycles. The normalized spacial score (nSPS) is 20.6. The predicted octanol–water partition coefficient (Wildman–Crippen LogP) is 3.05. The second-order valence-corrected chi connectivity index (χ2v) is 9.41. The average molecular weight is 519 g/mol. The van der Waals surface area contributed by atoms with E-state index < -0.39 is 30.6 Å². The van der Waals surface area contributed by atoms with Gasteiger partial charge in [-0.05, 0) is 49.6 Å². The number of aromatic amines is 1. The Morgan fingerprint density at radius 3 is 2.59 bits per heavy atom. The van der Waals surface area contributed by atoms with Crippen molar-refractivity contribution in [2.45, 2.75) is 37.6 Å². The second-order valence-electron chi connectivity index (χ2n) is 9.41. The molecule has 0 bridgehead atoms. The number of carbonyl (C=O) groups excluding carboxylic acids is 1. The molecular weight excluding hydrogens is 492 g/mol. The number of carbonyl (C=O) groups is 1. The lowest BCUT2D eigenvalue weighted by atomic mass is 10.1. The molecule has 8 nitrogen and oxygen atoms in total. The minimum absolute atomic E-state index is 0.0931. The van der Waals surface area contributed by atoms with E-state index in [1.54, 1.807) is 0 Å². The number of nitrogens with zero attached hydrogens (tertiary/aromatic N) is 4. The van der Waals surface area contributed by atoms with Crippen LogP contribution in [0.25, 0.3) is 10.9 Å². The number of pyridine rings is 1. The van der Waals surface area contributed by atoms with Gasteiger partial charge in [0.15, 0.2) is 0 Å². The fourth-order valence-electron chi connectivity index (χ4n) is 5.24. The maximum absolute atomic E-state index is 14.6. The van der Waals surface area contributed by atoms with E-state index in [4.69, 9.17) is 0 Å². The van der Waals surface area contributed by atoms with Gasteiger partial charge in [-0.3, -0.25) is 14.5 Å². The Kier molecular flexibility index (Phi) is 7.09. The van der Waals surface area contributed by atoms with Gasteiger partial charge in [0.1, 0.15) is 17.3 Å². The number of anilines is 1. The Hall–Kier alpha value is -3.54. The molecule has 0 unspecified atom stereocenters. The summed E-state index contributed by atoms with van der Waals surface area (Å²) in [7, 11) is 0. The number of H-pyrrole nitrogens is 1. The van der Waals surface area contributed by atoms with Crippen molar-refractivity contribution in [1.82, 2.24) is 25.2 Å². The van der Waals surface area contributed by atoms with Gasteiger partial charge in [-0.1, -0.05) is 0 Å². The zero-order chi connectivity index (χ0) is 26.1. The lowest BCUT2D eigenvalue weighted by Gasteiger charge is -2.39. The summed E-state index contributed by atoms with van der Waals surface area (Å²) in [5.74, 6) is -1.42. The number of benzene rings is 1. The average Bonchev–Trinajstić information content (AvgIpc) is 3.38. The number of alkyl halides is 2. The molecule has 1 aliphatic heterocycles. The molecule has 0 radical (unpaired) electrons. The van der Waals surface area contributed by atoms with Crippen LogP contribution in [0.4, 0.5) is 23.2 Å². The van der Waals surface area contributed by atoms with Crippen LogP contribution in [0.5, 0.6) is 0 Å². The summed E-state index contributed by atoms with van der Waals surface area (Å²) in [5.41, 5.74) is 0.154. The number of amides is 1. The second kappa shape index (κ2) is 10.4. The fraction of sp³-hybridized carbons (Fsp3) is 0.440. The highest BCUT2D eigenvalue weighted by Gasteiger charge is 2.33. The van der Waals surface area contributed by atoms with E-state index in [0.717, 1.165) is 19.3 Å². The van der Waals surface area contributed by atoms with Gasteiger partial charge in [0, 0.05) is 38.1 Å². The monoisotopic (exact) mass is 518 g/mol. The SMILES string of the molecule is O=C(NCC(F)F)c1ccc(N2CCN([C@H]3CC[C@@H](c4nc5ccc(F)cc5c(=O)[nH]4)C3)CC2)c(F)n1. The third kappa shape index (κ3) is 5.43. The molecule has 3 heterocycles. The van der Waals surface area contributed by atoms with Gasteiger partial charge in [0.05, 0.1) is 23.1 Å². The van der Waals surface area contributed by atoms with Gasteiger partial charge >= 0.3 is 0 Å². The molecule has 1 aliphatic carbocycles. The summed E-state index contributed by atoms with van der Waals surface area (Å²) in [6, 6.07) is 7.09. The van der Waals surface area contributed by atoms with Crippen LogP contribution < -0.4 is 15.8 Å². The van der Waals surface area contributed by atoms with E-state index >= 15 is 0 Å². The number of hydrogen-bond acceptors (Lipinski definition) is 6. The van der Waals surface area contributed by atoms with Gasteiger partial charge in [0.2, 0.25) is 5.95 Å². The van der Waals surface area contributed by atoms with Crippen molar-refractivity contribution in [3.63, 3.8) is 0 Å². The van der Waals surface area contributed by atoms with Crippen molar-refractivity contribution in [3.8, 4) is 0 Å². The summed E-state index contributed by atoms with van der Waals surface area (Å²) >= 11 is 0. The molecule has 2 N–H and O–H groups in total. The Morgan fingerprint density at radius 1 is 1.08 bits per heavy atom. The smallest absolute Gasteiger partial charge is 0.270 e. The number of fused-ring (bicyclic) bond motifs is 1. The summed E-state index contributed by atoms with van der Waals surface area (Å²) in [6.07, 6.45) is -0.0624. The predicted molar refractivity (Wildman–Crippen MR) is 129 cm³/mol. The van der Waals surface area contributed by atoms with E-state index in [1.807, 2.05) is 10.2 Å². The largest absolute Gasteiger partial charge is 0.365 e. The molecule has 196 valence electrons. The molecule has 3 aromatic rings. The molecule has 2 fully saturated rings.